The van der Waals surface area contributed by atoms with Crippen LogP contribution in [-0.2, 0) is 19.3 Å². The molecule has 2 aromatic rings. The van der Waals surface area contributed by atoms with Gasteiger partial charge in [0.15, 0.2) is 12.1 Å². The molecule has 12 nitrogen and oxygen atoms in total. The van der Waals surface area contributed by atoms with Gasteiger partial charge < -0.3 is 19.7 Å². The Bertz CT molecular complexity index is 913. The Hall–Kier alpha value is -3.06. The number of nitrogens with one attached hydrogen (secondary N) is 1. The third-order valence-corrected chi connectivity index (χ3v) is 4.82. The zero-order valence-corrected chi connectivity index (χ0v) is 17.4. The molecule has 0 aliphatic carbocycles. The van der Waals surface area contributed by atoms with E-state index in [9.17, 15) is 9.70 Å². The molecule has 1 N–H and O–H groups in total. The van der Waals surface area contributed by atoms with Crippen molar-refractivity contribution in [2.45, 2.75) is 12.8 Å². The molecule has 1 aromatic carbocycles. The van der Waals surface area contributed by atoms with Crippen molar-refractivity contribution >= 4 is 44.8 Å². The second-order valence-electron chi connectivity index (χ2n) is 6.00. The van der Waals surface area contributed by atoms with E-state index in [0.29, 0.717) is 31.9 Å². The number of carbonyl (C=O) groups excluding carboxylic acids is 1. The minimum absolute atomic E-state index is 0.00235. The fourth-order valence-electron chi connectivity index (χ4n) is 2.60. The normalized spacial score (nSPS) is 13.1. The quantitative estimate of drug-likeness (QED) is 0.177. The molecule has 0 fully saturated rings. The SMILES string of the molecule is O=NOOCCCCOC(=O)OCN1CCN=C1Nc1ccc2nccnc2c1Br. The number of rotatable bonds is 10. The first-order chi connectivity index (χ1) is 14.7. The third-order valence-electron chi connectivity index (χ3n) is 4.02. The highest BCUT2D eigenvalue weighted by atomic mass is 79.9. The van der Waals surface area contributed by atoms with Gasteiger partial charge in [0.2, 0.25) is 5.96 Å². The lowest BCUT2D eigenvalue weighted by atomic mass is 10.2. The van der Waals surface area contributed by atoms with E-state index in [1.165, 1.54) is 0 Å². The number of guanidine groups is 1. The van der Waals surface area contributed by atoms with Gasteiger partial charge in [0.25, 0.3) is 0 Å². The monoisotopic (exact) mass is 482 g/mol. The number of hydrogen-bond acceptors (Lipinski definition) is 12. The fraction of sp³-hybridized carbons (Fsp3) is 0.412. The molecule has 0 unspecified atom stereocenters. The van der Waals surface area contributed by atoms with E-state index < -0.39 is 6.16 Å². The van der Waals surface area contributed by atoms with Crippen LogP contribution in [0.15, 0.2) is 39.3 Å². The first-order valence-corrected chi connectivity index (χ1v) is 9.85. The number of carbonyl (C=O) groups is 1. The smallest absolute Gasteiger partial charge is 0.434 e. The lowest BCUT2D eigenvalue weighted by Crippen LogP contribution is -2.36. The molecular formula is C17H19BrN6O6. The van der Waals surface area contributed by atoms with E-state index in [-0.39, 0.29) is 19.9 Å². The predicted octanol–water partition coefficient (Wildman–Crippen LogP) is 3.00. The summed E-state index contributed by atoms with van der Waals surface area (Å²) in [5.41, 5.74) is 2.27. The lowest BCUT2D eigenvalue weighted by Gasteiger charge is -2.21. The Labute approximate surface area is 179 Å². The molecule has 1 aromatic heterocycles. The summed E-state index contributed by atoms with van der Waals surface area (Å²) in [4.78, 5) is 44.4. The van der Waals surface area contributed by atoms with Gasteiger partial charge in [-0.15, -0.1) is 4.91 Å². The maximum atomic E-state index is 11.7. The van der Waals surface area contributed by atoms with Crippen LogP contribution in [0.25, 0.3) is 11.0 Å². The summed E-state index contributed by atoms with van der Waals surface area (Å²) < 4.78 is 10.9. The Morgan fingerprint density at radius 3 is 2.90 bits per heavy atom. The van der Waals surface area contributed by atoms with E-state index >= 15 is 0 Å². The molecule has 0 saturated carbocycles. The molecule has 3 rings (SSSR count). The highest BCUT2D eigenvalue weighted by Gasteiger charge is 2.20. The zero-order valence-electron chi connectivity index (χ0n) is 15.8. The Morgan fingerprint density at radius 1 is 1.20 bits per heavy atom. The topological polar surface area (TPSA) is 137 Å². The standard InChI is InChI=1S/C17H19BrN6O6/c18-14-12(3-4-13-15(14)20-6-5-19-13)22-16-21-7-8-24(16)11-28-17(25)27-9-1-2-10-29-30-23-26/h3-6H,1-2,7-11H2,(H,21,22). The summed E-state index contributed by atoms with van der Waals surface area (Å²) in [5.74, 6) is 0.577. The third kappa shape index (κ3) is 5.97. The van der Waals surface area contributed by atoms with Crippen LogP contribution in [0.3, 0.4) is 0 Å². The van der Waals surface area contributed by atoms with Crippen molar-refractivity contribution in [2.75, 3.05) is 38.4 Å². The van der Waals surface area contributed by atoms with Crippen molar-refractivity contribution in [1.82, 2.24) is 14.9 Å². The molecular weight excluding hydrogens is 464 g/mol. The number of aromatic nitrogens is 2. The second-order valence-corrected chi connectivity index (χ2v) is 6.79. The molecule has 13 heteroatoms. The summed E-state index contributed by atoms with van der Waals surface area (Å²) in [6.07, 6.45) is 3.53. The number of nitrogens with zero attached hydrogens (tertiary/aromatic N) is 5. The van der Waals surface area contributed by atoms with Gasteiger partial charge in [0, 0.05) is 18.9 Å². The van der Waals surface area contributed by atoms with Crippen molar-refractivity contribution in [3.05, 3.63) is 33.9 Å². The number of anilines is 1. The summed E-state index contributed by atoms with van der Waals surface area (Å²) >= 11 is 3.54. The zero-order chi connectivity index (χ0) is 21.2. The van der Waals surface area contributed by atoms with E-state index in [1.807, 2.05) is 12.1 Å². The molecule has 2 heterocycles. The number of unbranched alkanes of at least 4 members (excludes halogenated alkanes) is 1. The number of ether oxygens (including phenoxy) is 2. The van der Waals surface area contributed by atoms with Crippen LogP contribution in [0.2, 0.25) is 0 Å². The van der Waals surface area contributed by atoms with E-state index in [0.717, 1.165) is 21.2 Å². The molecule has 0 radical (unpaired) electrons. The van der Waals surface area contributed by atoms with Crippen molar-refractivity contribution in [3.63, 3.8) is 0 Å². The minimum Gasteiger partial charge on any atom is -0.434 e. The van der Waals surface area contributed by atoms with Gasteiger partial charge in [0.1, 0.15) is 5.52 Å². The molecule has 0 saturated heterocycles. The molecule has 0 atom stereocenters. The molecule has 0 bridgehead atoms. The molecule has 160 valence electrons. The predicted molar refractivity (Wildman–Crippen MR) is 109 cm³/mol. The minimum atomic E-state index is -0.782. The maximum absolute atomic E-state index is 11.7. The van der Waals surface area contributed by atoms with Crippen molar-refractivity contribution in [1.29, 1.82) is 0 Å². The Kier molecular flexibility index (Phi) is 8.09. The average molecular weight is 483 g/mol. The second kappa shape index (κ2) is 11.2. The van der Waals surface area contributed by atoms with Crippen LogP contribution in [0.4, 0.5) is 10.5 Å². The van der Waals surface area contributed by atoms with E-state index in [1.54, 1.807) is 17.3 Å². The van der Waals surface area contributed by atoms with E-state index in [2.05, 4.69) is 51.4 Å². The van der Waals surface area contributed by atoms with Crippen molar-refractivity contribution in [3.8, 4) is 0 Å². The Balaban J connectivity index is 1.43. The van der Waals surface area contributed by atoms with Crippen LogP contribution in [0, 0.1) is 4.91 Å². The van der Waals surface area contributed by atoms with Crippen LogP contribution >= 0.6 is 15.9 Å². The lowest BCUT2D eigenvalue weighted by molar-refractivity contribution is -0.298. The summed E-state index contributed by atoms with van der Waals surface area (Å²) in [7, 11) is 0. The first-order valence-electron chi connectivity index (χ1n) is 9.05. The highest BCUT2D eigenvalue weighted by Crippen LogP contribution is 2.29. The Morgan fingerprint density at radius 2 is 2.03 bits per heavy atom. The summed E-state index contributed by atoms with van der Waals surface area (Å²) in [6, 6.07) is 3.73. The van der Waals surface area contributed by atoms with Gasteiger partial charge in [-0.2, -0.15) is 9.88 Å². The van der Waals surface area contributed by atoms with Crippen LogP contribution < -0.4 is 5.32 Å². The maximum Gasteiger partial charge on any atom is 0.510 e. The van der Waals surface area contributed by atoms with Gasteiger partial charge >= 0.3 is 6.16 Å². The summed E-state index contributed by atoms with van der Waals surface area (Å²) in [5, 5.41) is 5.31. The van der Waals surface area contributed by atoms with Gasteiger partial charge in [-0.1, -0.05) is 0 Å². The number of benzene rings is 1. The molecule has 1 aliphatic heterocycles. The van der Waals surface area contributed by atoms with Crippen LogP contribution in [0.1, 0.15) is 12.8 Å². The largest absolute Gasteiger partial charge is 0.510 e. The molecule has 0 spiro atoms. The van der Waals surface area contributed by atoms with Gasteiger partial charge in [-0.25, -0.2) is 4.79 Å². The van der Waals surface area contributed by atoms with Gasteiger partial charge in [-0.3, -0.25) is 15.0 Å². The number of hydrogen-bond donors (Lipinski definition) is 1. The molecule has 30 heavy (non-hydrogen) atoms. The highest BCUT2D eigenvalue weighted by molar-refractivity contribution is 9.10. The van der Waals surface area contributed by atoms with Gasteiger partial charge in [-0.05, 0) is 40.9 Å². The van der Waals surface area contributed by atoms with Crippen LogP contribution in [0.5, 0.6) is 0 Å². The molecule has 1 aliphatic rings. The first kappa shape index (κ1) is 21.6. The van der Waals surface area contributed by atoms with Crippen molar-refractivity contribution < 1.29 is 24.1 Å². The number of fused-ring (bicyclic) bond motifs is 1. The van der Waals surface area contributed by atoms with Gasteiger partial charge in [0.05, 0.1) is 35.4 Å². The van der Waals surface area contributed by atoms with Crippen LogP contribution in [-0.4, -0.2) is 60.0 Å². The number of aliphatic imine (C=N–C) groups is 1. The number of halogens is 1. The summed E-state index contributed by atoms with van der Waals surface area (Å²) in [6.45, 7) is 1.49. The average Bonchev–Trinajstić information content (AvgIpc) is 3.21. The molecule has 0 amide bonds. The fourth-order valence-corrected chi connectivity index (χ4v) is 3.13. The van der Waals surface area contributed by atoms with Crippen molar-refractivity contribution in [2.24, 2.45) is 10.3 Å². The van der Waals surface area contributed by atoms with E-state index in [4.69, 9.17) is 9.47 Å².